The van der Waals surface area contributed by atoms with Crippen LogP contribution in [-0.2, 0) is 0 Å². The molecule has 0 aliphatic heterocycles. The maximum atomic E-state index is 12.5. The summed E-state index contributed by atoms with van der Waals surface area (Å²) in [4.78, 5) is 1.58. The average Bonchev–Trinajstić information content (AvgIpc) is 2.65. The molecule has 0 N–H and O–H groups in total. The Labute approximate surface area is 110 Å². The van der Waals surface area contributed by atoms with Crippen molar-refractivity contribution >= 4 is 15.9 Å². The molecule has 0 aromatic rings. The minimum atomic E-state index is -4.08. The van der Waals surface area contributed by atoms with E-state index in [4.69, 9.17) is 0 Å². The lowest BCUT2D eigenvalue weighted by Gasteiger charge is -2.34. The molecule has 0 saturated heterocycles. The summed E-state index contributed by atoms with van der Waals surface area (Å²) in [6, 6.07) is 0. The summed E-state index contributed by atoms with van der Waals surface area (Å²) < 4.78 is 37.4. The second kappa shape index (κ2) is 6.41. The van der Waals surface area contributed by atoms with Gasteiger partial charge >= 0.3 is 6.18 Å². The van der Waals surface area contributed by atoms with E-state index in [-0.39, 0.29) is 5.41 Å². The Balaban J connectivity index is 2.58. The monoisotopic (exact) mass is 315 g/mol. The highest BCUT2D eigenvalue weighted by Gasteiger charge is 2.37. The first kappa shape index (κ1) is 15.3. The maximum absolute atomic E-state index is 12.5. The third-order valence-electron chi connectivity index (χ3n) is 3.45. The predicted molar refractivity (Wildman–Crippen MR) is 67.5 cm³/mol. The van der Waals surface area contributed by atoms with Gasteiger partial charge in [-0.25, -0.2) is 0 Å². The molecule has 102 valence electrons. The summed E-state index contributed by atoms with van der Waals surface area (Å²) >= 11 is 3.48. The molecule has 0 amide bonds. The van der Waals surface area contributed by atoms with Crippen LogP contribution in [0.1, 0.15) is 39.0 Å². The van der Waals surface area contributed by atoms with Crippen molar-refractivity contribution in [2.45, 2.75) is 45.2 Å². The van der Waals surface area contributed by atoms with Crippen LogP contribution in [0.25, 0.3) is 0 Å². The van der Waals surface area contributed by atoms with Crippen LogP contribution in [0.2, 0.25) is 0 Å². The number of alkyl halides is 4. The lowest BCUT2D eigenvalue weighted by atomic mass is 9.88. The van der Waals surface area contributed by atoms with E-state index in [0.29, 0.717) is 13.1 Å². The van der Waals surface area contributed by atoms with Gasteiger partial charge in [-0.05, 0) is 31.2 Å². The molecule has 1 rings (SSSR count). The van der Waals surface area contributed by atoms with Gasteiger partial charge in [0.25, 0.3) is 0 Å². The largest absolute Gasteiger partial charge is 0.401 e. The minimum absolute atomic E-state index is 0.0699. The van der Waals surface area contributed by atoms with Crippen LogP contribution in [-0.4, -0.2) is 36.0 Å². The van der Waals surface area contributed by atoms with Crippen LogP contribution in [0, 0.1) is 5.41 Å². The summed E-state index contributed by atoms with van der Waals surface area (Å²) in [5, 5.41) is 0.818. The molecule has 5 heteroatoms. The zero-order chi connectivity index (χ0) is 12.9. The highest BCUT2D eigenvalue weighted by molar-refractivity contribution is 9.09. The van der Waals surface area contributed by atoms with Crippen molar-refractivity contribution in [1.82, 2.24) is 4.90 Å². The third-order valence-corrected chi connectivity index (χ3v) is 4.64. The molecule has 0 unspecified atom stereocenters. The molecular formula is C12H21BrF3N. The average molecular weight is 316 g/mol. The lowest BCUT2D eigenvalue weighted by Crippen LogP contribution is -2.42. The number of nitrogens with zero attached hydrogens (tertiary/aromatic N) is 1. The predicted octanol–water partition coefficient (Wildman–Crippen LogP) is 4.22. The van der Waals surface area contributed by atoms with Crippen molar-refractivity contribution in [3.63, 3.8) is 0 Å². The number of hydrogen-bond acceptors (Lipinski definition) is 1. The fourth-order valence-electron chi connectivity index (χ4n) is 2.72. The topological polar surface area (TPSA) is 3.24 Å². The highest BCUT2D eigenvalue weighted by atomic mass is 79.9. The molecule has 1 nitrogen and oxygen atoms in total. The minimum Gasteiger partial charge on any atom is -0.294 e. The number of hydrogen-bond donors (Lipinski definition) is 0. The molecule has 0 radical (unpaired) electrons. The van der Waals surface area contributed by atoms with Crippen LogP contribution in [0.15, 0.2) is 0 Å². The molecule has 0 atom stereocenters. The lowest BCUT2D eigenvalue weighted by molar-refractivity contribution is -0.148. The summed E-state index contributed by atoms with van der Waals surface area (Å²) in [6.07, 6.45) is 1.09. The zero-order valence-electron chi connectivity index (χ0n) is 10.3. The van der Waals surface area contributed by atoms with Crippen molar-refractivity contribution < 1.29 is 13.2 Å². The molecule has 0 aromatic heterocycles. The standard InChI is InChI=1S/C12H21BrF3N/c1-2-7-17(10-12(14,15)16)9-11(8-13)5-3-4-6-11/h2-10H2,1H3. The van der Waals surface area contributed by atoms with Crippen molar-refractivity contribution in [3.05, 3.63) is 0 Å². The second-order valence-electron chi connectivity index (χ2n) is 5.17. The first-order chi connectivity index (χ1) is 7.91. The number of halogens is 4. The SMILES string of the molecule is CCCN(CC(F)(F)F)CC1(CBr)CCCC1. The van der Waals surface area contributed by atoms with Gasteiger partial charge in [0.1, 0.15) is 0 Å². The van der Waals surface area contributed by atoms with Crippen molar-refractivity contribution in [3.8, 4) is 0 Å². The molecule has 0 heterocycles. The Bertz CT molecular complexity index is 224. The van der Waals surface area contributed by atoms with E-state index in [1.165, 1.54) is 0 Å². The Morgan fingerprint density at radius 2 is 1.82 bits per heavy atom. The quantitative estimate of drug-likeness (QED) is 0.663. The molecule has 1 fully saturated rings. The van der Waals surface area contributed by atoms with Crippen molar-refractivity contribution in [1.29, 1.82) is 0 Å². The normalized spacial score (nSPS) is 20.1. The van der Waals surface area contributed by atoms with Crippen molar-refractivity contribution in [2.24, 2.45) is 5.41 Å². The third kappa shape index (κ3) is 5.16. The molecule has 0 aromatic carbocycles. The summed E-state index contributed by atoms with van der Waals surface area (Å²) in [5.41, 5.74) is 0.0699. The highest BCUT2D eigenvalue weighted by Crippen LogP contribution is 2.40. The van der Waals surface area contributed by atoms with Gasteiger partial charge in [0.05, 0.1) is 6.54 Å². The van der Waals surface area contributed by atoms with E-state index in [9.17, 15) is 13.2 Å². The van der Waals surface area contributed by atoms with Crippen molar-refractivity contribution in [2.75, 3.05) is 25.0 Å². The van der Waals surface area contributed by atoms with Crippen LogP contribution in [0.5, 0.6) is 0 Å². The van der Waals surface area contributed by atoms with Crippen LogP contribution in [0.3, 0.4) is 0 Å². The summed E-state index contributed by atoms with van der Waals surface area (Å²) in [5.74, 6) is 0. The van der Waals surface area contributed by atoms with Crippen LogP contribution < -0.4 is 0 Å². The fourth-order valence-corrected chi connectivity index (χ4v) is 3.46. The van der Waals surface area contributed by atoms with E-state index >= 15 is 0 Å². The molecule has 0 spiro atoms. The van der Waals surface area contributed by atoms with Crippen LogP contribution >= 0.6 is 15.9 Å². The van der Waals surface area contributed by atoms with E-state index in [1.54, 1.807) is 4.90 Å². The van der Waals surface area contributed by atoms with E-state index in [2.05, 4.69) is 15.9 Å². The Morgan fingerprint density at radius 3 is 2.24 bits per heavy atom. The molecular weight excluding hydrogens is 295 g/mol. The zero-order valence-corrected chi connectivity index (χ0v) is 11.9. The fraction of sp³-hybridized carbons (Fsp3) is 1.00. The second-order valence-corrected chi connectivity index (χ2v) is 5.73. The maximum Gasteiger partial charge on any atom is 0.401 e. The summed E-state index contributed by atoms with van der Waals surface area (Å²) in [6.45, 7) is 2.27. The molecule has 0 bridgehead atoms. The molecule has 17 heavy (non-hydrogen) atoms. The number of rotatable bonds is 6. The first-order valence-corrected chi connectivity index (χ1v) is 7.38. The Hall–Kier alpha value is 0.230. The van der Waals surface area contributed by atoms with Gasteiger partial charge in [-0.15, -0.1) is 0 Å². The van der Waals surface area contributed by atoms with Gasteiger partial charge < -0.3 is 0 Å². The smallest absolute Gasteiger partial charge is 0.294 e. The van der Waals surface area contributed by atoms with Gasteiger partial charge in [-0.3, -0.25) is 4.90 Å². The summed E-state index contributed by atoms with van der Waals surface area (Å²) in [7, 11) is 0. The van der Waals surface area contributed by atoms with Crippen LogP contribution in [0.4, 0.5) is 13.2 Å². The molecule has 1 aliphatic rings. The first-order valence-electron chi connectivity index (χ1n) is 6.26. The van der Waals surface area contributed by atoms with E-state index < -0.39 is 12.7 Å². The van der Waals surface area contributed by atoms with Gasteiger partial charge in [-0.2, -0.15) is 13.2 Å². The van der Waals surface area contributed by atoms with Gasteiger partial charge in [-0.1, -0.05) is 35.7 Å². The molecule has 1 saturated carbocycles. The Kier molecular flexibility index (Phi) is 5.77. The van der Waals surface area contributed by atoms with Gasteiger partial charge in [0.2, 0.25) is 0 Å². The Morgan fingerprint density at radius 1 is 1.24 bits per heavy atom. The van der Waals surface area contributed by atoms with Gasteiger partial charge in [0, 0.05) is 11.9 Å². The van der Waals surface area contributed by atoms with E-state index in [1.807, 2.05) is 6.92 Å². The van der Waals surface area contributed by atoms with Gasteiger partial charge in [0.15, 0.2) is 0 Å². The van der Waals surface area contributed by atoms with E-state index in [0.717, 1.165) is 37.4 Å². The molecule has 1 aliphatic carbocycles.